The van der Waals surface area contributed by atoms with Gasteiger partial charge in [0.2, 0.25) is 11.5 Å². The van der Waals surface area contributed by atoms with Gasteiger partial charge in [-0.25, -0.2) is 0 Å². The topological polar surface area (TPSA) is 83.3 Å². The number of anilines is 2. The van der Waals surface area contributed by atoms with E-state index in [9.17, 15) is 4.79 Å². The monoisotopic (exact) mass is 414 g/mol. The van der Waals surface area contributed by atoms with E-state index in [1.165, 1.54) is 28.4 Å². The maximum absolute atomic E-state index is 13.4. The predicted octanol–water partition coefficient (Wildman–Crippen LogP) is 4.05. The highest BCUT2D eigenvalue weighted by atomic mass is 16.5. The van der Waals surface area contributed by atoms with Crippen LogP contribution >= 0.6 is 0 Å². The summed E-state index contributed by atoms with van der Waals surface area (Å²) < 4.78 is 21.8. The predicted molar refractivity (Wildman–Crippen MR) is 120 cm³/mol. The van der Waals surface area contributed by atoms with Gasteiger partial charge in [-0.2, -0.15) is 0 Å². The third kappa shape index (κ3) is 4.45. The molecule has 0 amide bonds. The van der Waals surface area contributed by atoms with E-state index in [2.05, 4.69) is 0 Å². The van der Waals surface area contributed by atoms with Crippen LogP contribution in [0.1, 0.15) is 29.3 Å². The van der Waals surface area contributed by atoms with E-state index in [4.69, 9.17) is 24.7 Å². The van der Waals surface area contributed by atoms with E-state index in [0.717, 1.165) is 11.3 Å². The van der Waals surface area contributed by atoms with Gasteiger partial charge in [0.1, 0.15) is 0 Å². The van der Waals surface area contributed by atoms with Crippen LogP contribution in [0.5, 0.6) is 23.0 Å². The third-order valence-electron chi connectivity index (χ3n) is 4.78. The van der Waals surface area contributed by atoms with E-state index < -0.39 is 0 Å². The molecule has 0 atom stereocenters. The molecule has 2 rings (SSSR count). The fourth-order valence-electron chi connectivity index (χ4n) is 3.24. The number of carbonyl (C=O) groups is 1. The minimum atomic E-state index is -0.183. The second-order valence-corrected chi connectivity index (χ2v) is 6.79. The number of Topliss-reactive ketones (excluding diaryl/α,β-unsaturated/α-hetero) is 1. The first kappa shape index (κ1) is 22.9. The van der Waals surface area contributed by atoms with Crippen LogP contribution in [0.4, 0.5) is 11.4 Å². The van der Waals surface area contributed by atoms with E-state index >= 15 is 0 Å². The first-order valence-electron chi connectivity index (χ1n) is 9.51. The largest absolute Gasteiger partial charge is 0.493 e. The lowest BCUT2D eigenvalue weighted by Crippen LogP contribution is -2.11. The minimum absolute atomic E-state index is 0.183. The number of allylic oxidation sites excluding steroid dienone is 1. The van der Waals surface area contributed by atoms with E-state index in [-0.39, 0.29) is 5.78 Å². The van der Waals surface area contributed by atoms with Gasteiger partial charge < -0.3 is 29.6 Å². The quantitative estimate of drug-likeness (QED) is 0.376. The lowest BCUT2D eigenvalue weighted by molar-refractivity contribution is 0.102. The van der Waals surface area contributed by atoms with Crippen molar-refractivity contribution in [3.63, 3.8) is 0 Å². The summed E-state index contributed by atoms with van der Waals surface area (Å²) in [6, 6.07) is 7.28. The lowest BCUT2D eigenvalue weighted by Gasteiger charge is -2.19. The number of hydrogen-bond donors (Lipinski definition) is 1. The third-order valence-corrected chi connectivity index (χ3v) is 4.78. The number of benzene rings is 2. The molecule has 30 heavy (non-hydrogen) atoms. The lowest BCUT2D eigenvalue weighted by atomic mass is 9.97. The molecule has 0 spiro atoms. The normalized spacial score (nSPS) is 11.1. The molecule has 162 valence electrons. The Kier molecular flexibility index (Phi) is 7.58. The molecule has 2 aromatic rings. The molecule has 0 aliphatic rings. The molecule has 0 aliphatic carbocycles. The number of nitrogens with two attached hydrogens (primary N) is 1. The summed E-state index contributed by atoms with van der Waals surface area (Å²) in [6.45, 7) is 1.93. The summed E-state index contributed by atoms with van der Waals surface area (Å²) in [5, 5.41) is 0. The molecular formula is C23H30N2O5. The summed E-state index contributed by atoms with van der Waals surface area (Å²) in [5.74, 6) is 1.17. The van der Waals surface area contributed by atoms with Crippen molar-refractivity contribution in [3.8, 4) is 23.0 Å². The van der Waals surface area contributed by atoms with Crippen LogP contribution in [0.3, 0.4) is 0 Å². The van der Waals surface area contributed by atoms with Gasteiger partial charge in [-0.1, -0.05) is 13.0 Å². The van der Waals surface area contributed by atoms with Gasteiger partial charge in [0, 0.05) is 19.7 Å². The maximum atomic E-state index is 13.4. The van der Waals surface area contributed by atoms with Gasteiger partial charge in [0.05, 0.1) is 45.4 Å². The molecule has 2 N–H and O–H groups in total. The van der Waals surface area contributed by atoms with E-state index in [1.807, 2.05) is 50.2 Å². The number of rotatable bonds is 9. The summed E-state index contributed by atoms with van der Waals surface area (Å²) >= 11 is 0. The molecule has 0 aromatic heterocycles. The molecular weight excluding hydrogens is 384 g/mol. The fraction of sp³-hybridized carbons (Fsp3) is 0.348. The maximum Gasteiger partial charge on any atom is 0.208 e. The average molecular weight is 415 g/mol. The zero-order valence-corrected chi connectivity index (χ0v) is 18.7. The Balaban J connectivity index is 2.62. The van der Waals surface area contributed by atoms with E-state index in [0.29, 0.717) is 46.2 Å². The zero-order chi connectivity index (χ0) is 22.4. The number of nitrogen functional groups attached to an aromatic ring is 1. The number of nitrogens with zero attached hydrogens (tertiary/aromatic N) is 1. The highest BCUT2D eigenvalue weighted by molar-refractivity contribution is 6.13. The van der Waals surface area contributed by atoms with Crippen LogP contribution in [-0.4, -0.2) is 48.3 Å². The van der Waals surface area contributed by atoms with Crippen molar-refractivity contribution in [1.82, 2.24) is 0 Å². The Morgan fingerprint density at radius 1 is 0.967 bits per heavy atom. The van der Waals surface area contributed by atoms with Crippen molar-refractivity contribution in [2.24, 2.45) is 0 Å². The standard InChI is InChI=1S/C23H30N2O5/c1-8-15(11-14-9-10-17(24)18(12-14)25(2)3)20(26)16-13-19(27-4)22(29-6)23(30-7)21(16)28-5/h9-13H,8,24H2,1-7H3. The molecule has 0 fully saturated rings. The summed E-state index contributed by atoms with van der Waals surface area (Å²) in [5.41, 5.74) is 9.43. The number of ketones is 1. The molecule has 0 radical (unpaired) electrons. The van der Waals surface area contributed by atoms with Gasteiger partial charge in [-0.15, -0.1) is 0 Å². The van der Waals surface area contributed by atoms with Crippen molar-refractivity contribution in [2.45, 2.75) is 13.3 Å². The second kappa shape index (κ2) is 9.91. The fourth-order valence-corrected chi connectivity index (χ4v) is 3.24. The van der Waals surface area contributed by atoms with Gasteiger partial charge in [-0.3, -0.25) is 4.79 Å². The molecule has 0 bridgehead atoms. The number of ether oxygens (including phenoxy) is 4. The van der Waals surface area contributed by atoms with Crippen molar-refractivity contribution in [3.05, 3.63) is 41.0 Å². The minimum Gasteiger partial charge on any atom is -0.493 e. The molecule has 0 aliphatic heterocycles. The second-order valence-electron chi connectivity index (χ2n) is 6.79. The van der Waals surface area contributed by atoms with Crippen LogP contribution in [0.2, 0.25) is 0 Å². The highest BCUT2D eigenvalue weighted by Gasteiger charge is 2.26. The number of methoxy groups -OCH3 is 4. The Hall–Kier alpha value is -3.35. The Morgan fingerprint density at radius 2 is 1.60 bits per heavy atom. The smallest absolute Gasteiger partial charge is 0.208 e. The zero-order valence-electron chi connectivity index (χ0n) is 18.7. The van der Waals surface area contributed by atoms with E-state index in [1.54, 1.807) is 6.07 Å². The molecule has 7 heteroatoms. The van der Waals surface area contributed by atoms with Gasteiger partial charge in [-0.05, 0) is 36.3 Å². The summed E-state index contributed by atoms with van der Waals surface area (Å²) in [6.07, 6.45) is 2.39. The summed E-state index contributed by atoms with van der Waals surface area (Å²) in [7, 11) is 9.83. The van der Waals surface area contributed by atoms with Crippen molar-refractivity contribution in [2.75, 3.05) is 53.2 Å². The molecule has 0 unspecified atom stereocenters. The SMILES string of the molecule is CCC(=Cc1ccc(N)c(N(C)C)c1)C(=O)c1cc(OC)c(OC)c(OC)c1OC. The first-order valence-corrected chi connectivity index (χ1v) is 9.51. The molecule has 0 saturated carbocycles. The van der Waals surface area contributed by atoms with Crippen LogP contribution < -0.4 is 29.6 Å². The Morgan fingerprint density at radius 3 is 2.10 bits per heavy atom. The first-order chi connectivity index (χ1) is 14.3. The Labute approximate surface area is 178 Å². The number of hydrogen-bond acceptors (Lipinski definition) is 7. The molecule has 0 heterocycles. The van der Waals surface area contributed by atoms with Gasteiger partial charge in [0.25, 0.3) is 0 Å². The summed E-state index contributed by atoms with van der Waals surface area (Å²) in [4.78, 5) is 15.4. The van der Waals surface area contributed by atoms with Gasteiger partial charge in [0.15, 0.2) is 17.3 Å². The van der Waals surface area contributed by atoms with Crippen molar-refractivity contribution in [1.29, 1.82) is 0 Å². The molecule has 2 aromatic carbocycles. The number of carbonyl (C=O) groups excluding carboxylic acids is 1. The van der Waals surface area contributed by atoms with Crippen LogP contribution in [0.15, 0.2) is 29.8 Å². The molecule has 7 nitrogen and oxygen atoms in total. The van der Waals surface area contributed by atoms with Crippen molar-refractivity contribution < 1.29 is 23.7 Å². The molecule has 0 saturated heterocycles. The van der Waals surface area contributed by atoms with Crippen molar-refractivity contribution >= 4 is 23.2 Å². The van der Waals surface area contributed by atoms with Crippen LogP contribution in [0.25, 0.3) is 6.08 Å². The van der Waals surface area contributed by atoms with Gasteiger partial charge >= 0.3 is 0 Å². The van der Waals surface area contributed by atoms with Crippen LogP contribution in [0, 0.1) is 0 Å². The highest BCUT2D eigenvalue weighted by Crippen LogP contribution is 2.47. The van der Waals surface area contributed by atoms with Crippen LogP contribution in [-0.2, 0) is 0 Å². The average Bonchev–Trinajstić information content (AvgIpc) is 2.75. The Bertz CT molecular complexity index is 951.